The standard InChI is InChI=1S/C12H16N2O5S/c13-11(15)7-6-10(12(16)17)14-20(18,19)8-9-4-2-1-3-5-9/h1-5,10,14H,6-8H2,(H2,13,15)(H,16,17). The molecule has 1 amide bonds. The third-order valence-electron chi connectivity index (χ3n) is 2.50. The Balaban J connectivity index is 2.71. The Bertz CT molecular complexity index is 571. The molecule has 1 atom stereocenters. The number of hydrogen-bond acceptors (Lipinski definition) is 4. The maximum Gasteiger partial charge on any atom is 0.321 e. The minimum atomic E-state index is -3.81. The van der Waals surface area contributed by atoms with E-state index < -0.39 is 27.9 Å². The number of benzene rings is 1. The molecule has 0 bridgehead atoms. The largest absolute Gasteiger partial charge is 0.480 e. The SMILES string of the molecule is NC(=O)CCC(NS(=O)(=O)Cc1ccccc1)C(=O)O. The highest BCUT2D eigenvalue weighted by atomic mass is 32.2. The predicted octanol–water partition coefficient (Wildman–Crippen LogP) is -0.175. The maximum atomic E-state index is 11.9. The summed E-state index contributed by atoms with van der Waals surface area (Å²) < 4.78 is 25.8. The van der Waals surface area contributed by atoms with Crippen LogP contribution in [-0.2, 0) is 25.4 Å². The Morgan fingerprint density at radius 2 is 1.85 bits per heavy atom. The van der Waals surface area contributed by atoms with E-state index in [4.69, 9.17) is 10.8 Å². The third-order valence-corrected chi connectivity index (χ3v) is 3.86. The molecule has 0 fully saturated rings. The zero-order valence-electron chi connectivity index (χ0n) is 10.7. The van der Waals surface area contributed by atoms with Gasteiger partial charge in [-0.3, -0.25) is 9.59 Å². The van der Waals surface area contributed by atoms with E-state index in [-0.39, 0.29) is 18.6 Å². The molecule has 1 aromatic rings. The summed E-state index contributed by atoms with van der Waals surface area (Å²) in [6, 6.07) is 7.00. The monoisotopic (exact) mass is 300 g/mol. The van der Waals surface area contributed by atoms with Crippen LogP contribution in [0, 0.1) is 0 Å². The molecule has 0 aliphatic heterocycles. The van der Waals surface area contributed by atoms with Crippen LogP contribution in [0.1, 0.15) is 18.4 Å². The van der Waals surface area contributed by atoms with Crippen LogP contribution < -0.4 is 10.5 Å². The van der Waals surface area contributed by atoms with E-state index in [1.54, 1.807) is 30.3 Å². The maximum absolute atomic E-state index is 11.9. The van der Waals surface area contributed by atoms with Crippen LogP contribution in [0.4, 0.5) is 0 Å². The lowest BCUT2D eigenvalue weighted by atomic mass is 10.2. The van der Waals surface area contributed by atoms with Crippen LogP contribution in [0.3, 0.4) is 0 Å². The molecule has 4 N–H and O–H groups in total. The van der Waals surface area contributed by atoms with Crippen LogP contribution in [0.15, 0.2) is 30.3 Å². The van der Waals surface area contributed by atoms with Crippen molar-refractivity contribution in [1.29, 1.82) is 0 Å². The number of hydrogen-bond donors (Lipinski definition) is 3. The first-order valence-corrected chi connectivity index (χ1v) is 7.50. The van der Waals surface area contributed by atoms with Crippen molar-refractivity contribution >= 4 is 21.9 Å². The molecule has 0 aliphatic rings. The molecule has 20 heavy (non-hydrogen) atoms. The summed E-state index contributed by atoms with van der Waals surface area (Å²) in [5, 5.41) is 8.94. The lowest BCUT2D eigenvalue weighted by Crippen LogP contribution is -2.41. The molecule has 1 rings (SSSR count). The van der Waals surface area contributed by atoms with E-state index in [0.717, 1.165) is 0 Å². The molecule has 8 heteroatoms. The molecule has 7 nitrogen and oxygen atoms in total. The topological polar surface area (TPSA) is 127 Å². The fourth-order valence-electron chi connectivity index (χ4n) is 1.57. The van der Waals surface area contributed by atoms with Crippen molar-refractivity contribution in [3.05, 3.63) is 35.9 Å². The highest BCUT2D eigenvalue weighted by molar-refractivity contribution is 7.88. The van der Waals surface area contributed by atoms with Gasteiger partial charge in [0.2, 0.25) is 15.9 Å². The Hall–Kier alpha value is -1.93. The molecular weight excluding hydrogens is 284 g/mol. The molecule has 1 aromatic carbocycles. The summed E-state index contributed by atoms with van der Waals surface area (Å²) in [4.78, 5) is 21.6. The quantitative estimate of drug-likeness (QED) is 0.614. The number of nitrogens with one attached hydrogen (secondary N) is 1. The Kier molecular flexibility index (Phi) is 5.66. The number of carboxylic acid groups (broad SMARTS) is 1. The second-order valence-electron chi connectivity index (χ2n) is 4.26. The molecule has 0 saturated carbocycles. The lowest BCUT2D eigenvalue weighted by Gasteiger charge is -2.14. The van der Waals surface area contributed by atoms with Gasteiger partial charge in [0.05, 0.1) is 5.75 Å². The smallest absolute Gasteiger partial charge is 0.321 e. The number of carbonyl (C=O) groups is 2. The Morgan fingerprint density at radius 3 is 2.35 bits per heavy atom. The molecule has 0 heterocycles. The predicted molar refractivity (Wildman–Crippen MR) is 72.1 cm³/mol. The van der Waals surface area contributed by atoms with E-state index in [1.165, 1.54) is 0 Å². The van der Waals surface area contributed by atoms with Crippen LogP contribution in [0.5, 0.6) is 0 Å². The first-order valence-electron chi connectivity index (χ1n) is 5.85. The molecule has 1 unspecified atom stereocenters. The van der Waals surface area contributed by atoms with Crippen molar-refractivity contribution in [2.45, 2.75) is 24.6 Å². The first-order chi connectivity index (χ1) is 9.30. The van der Waals surface area contributed by atoms with E-state index in [0.29, 0.717) is 5.56 Å². The van der Waals surface area contributed by atoms with Crippen molar-refractivity contribution < 1.29 is 23.1 Å². The van der Waals surface area contributed by atoms with Crippen molar-refractivity contribution in [3.8, 4) is 0 Å². The Labute approximate surface area is 116 Å². The lowest BCUT2D eigenvalue weighted by molar-refractivity contribution is -0.139. The number of aliphatic carboxylic acids is 1. The van der Waals surface area contributed by atoms with Crippen molar-refractivity contribution in [1.82, 2.24) is 4.72 Å². The minimum Gasteiger partial charge on any atom is -0.480 e. The number of nitrogens with two attached hydrogens (primary N) is 1. The first kappa shape index (κ1) is 16.1. The summed E-state index contributed by atoms with van der Waals surface area (Å²) in [5.41, 5.74) is 5.46. The molecule has 0 spiro atoms. The third kappa shape index (κ3) is 5.81. The van der Waals surface area contributed by atoms with E-state index in [2.05, 4.69) is 4.72 Å². The average molecular weight is 300 g/mol. The van der Waals surface area contributed by atoms with E-state index in [9.17, 15) is 18.0 Å². The zero-order valence-corrected chi connectivity index (χ0v) is 11.5. The molecule has 0 saturated heterocycles. The number of amides is 1. The van der Waals surface area contributed by atoms with E-state index >= 15 is 0 Å². The Morgan fingerprint density at radius 1 is 1.25 bits per heavy atom. The van der Waals surface area contributed by atoms with Gasteiger partial charge in [-0.1, -0.05) is 30.3 Å². The van der Waals surface area contributed by atoms with Crippen LogP contribution in [0.2, 0.25) is 0 Å². The number of carbonyl (C=O) groups excluding carboxylic acids is 1. The van der Waals surface area contributed by atoms with Gasteiger partial charge in [0.1, 0.15) is 6.04 Å². The van der Waals surface area contributed by atoms with Gasteiger partial charge in [-0.25, -0.2) is 13.1 Å². The summed E-state index contributed by atoms with van der Waals surface area (Å²) in [7, 11) is -3.81. The van der Waals surface area contributed by atoms with Crippen molar-refractivity contribution in [2.24, 2.45) is 5.73 Å². The summed E-state index contributed by atoms with van der Waals surface area (Å²) in [6.45, 7) is 0. The van der Waals surface area contributed by atoms with Crippen LogP contribution >= 0.6 is 0 Å². The number of rotatable bonds is 8. The molecule has 0 radical (unpaired) electrons. The van der Waals surface area contributed by atoms with Crippen LogP contribution in [0.25, 0.3) is 0 Å². The van der Waals surface area contributed by atoms with Crippen LogP contribution in [-0.4, -0.2) is 31.4 Å². The van der Waals surface area contributed by atoms with Gasteiger partial charge in [0.15, 0.2) is 0 Å². The minimum absolute atomic E-state index is 0.182. The number of primary amides is 1. The zero-order chi connectivity index (χ0) is 15.2. The number of carboxylic acids is 1. The second kappa shape index (κ2) is 7.01. The second-order valence-corrected chi connectivity index (χ2v) is 6.01. The normalized spacial score (nSPS) is 12.8. The fourth-order valence-corrected chi connectivity index (χ4v) is 2.94. The number of sulfonamides is 1. The summed E-state index contributed by atoms with van der Waals surface area (Å²) in [6.07, 6.45) is -0.385. The summed E-state index contributed by atoms with van der Waals surface area (Å²) >= 11 is 0. The highest BCUT2D eigenvalue weighted by Crippen LogP contribution is 2.07. The fraction of sp³-hybridized carbons (Fsp3) is 0.333. The average Bonchev–Trinajstić information content (AvgIpc) is 2.34. The van der Waals surface area contributed by atoms with Gasteiger partial charge in [-0.15, -0.1) is 0 Å². The molecule has 0 aromatic heterocycles. The van der Waals surface area contributed by atoms with Gasteiger partial charge in [0.25, 0.3) is 0 Å². The van der Waals surface area contributed by atoms with Gasteiger partial charge >= 0.3 is 5.97 Å². The van der Waals surface area contributed by atoms with E-state index in [1.807, 2.05) is 0 Å². The van der Waals surface area contributed by atoms with Gasteiger partial charge in [0, 0.05) is 6.42 Å². The summed E-state index contributed by atoms with van der Waals surface area (Å²) in [5.74, 6) is -2.35. The van der Waals surface area contributed by atoms with Crippen molar-refractivity contribution in [3.63, 3.8) is 0 Å². The van der Waals surface area contributed by atoms with Gasteiger partial charge < -0.3 is 10.8 Å². The van der Waals surface area contributed by atoms with Gasteiger partial charge in [-0.05, 0) is 12.0 Å². The molecule has 110 valence electrons. The van der Waals surface area contributed by atoms with Gasteiger partial charge in [-0.2, -0.15) is 0 Å². The molecule has 0 aliphatic carbocycles. The van der Waals surface area contributed by atoms with Crippen molar-refractivity contribution in [2.75, 3.05) is 0 Å². The highest BCUT2D eigenvalue weighted by Gasteiger charge is 2.24. The molecular formula is C12H16N2O5S.